The van der Waals surface area contributed by atoms with Crippen molar-refractivity contribution in [3.63, 3.8) is 0 Å². The van der Waals surface area contributed by atoms with Crippen molar-refractivity contribution in [3.05, 3.63) is 33.3 Å². The van der Waals surface area contributed by atoms with E-state index < -0.39 is 18.0 Å². The van der Waals surface area contributed by atoms with E-state index in [2.05, 4.69) is 0 Å². The van der Waals surface area contributed by atoms with Crippen LogP contribution in [0.2, 0.25) is 10.0 Å². The summed E-state index contributed by atoms with van der Waals surface area (Å²) in [6.07, 6.45) is -1.12. The standard InChI is InChI=1S/C10H6Cl2O4/c11-4-1-6-5(7(12)2-4)3-8(9(13)14)16-10(6)15/h1-2,8H,3H2,(H,13,14)/t8-/m0/s1. The number of benzene rings is 1. The van der Waals surface area contributed by atoms with Gasteiger partial charge in [-0.25, -0.2) is 9.59 Å². The molecule has 0 amide bonds. The van der Waals surface area contributed by atoms with Crippen LogP contribution in [0.25, 0.3) is 0 Å². The average Bonchev–Trinajstić information content (AvgIpc) is 2.19. The third-order valence-corrected chi connectivity index (χ3v) is 2.85. The average molecular weight is 261 g/mol. The van der Waals surface area contributed by atoms with E-state index in [-0.39, 0.29) is 17.0 Å². The second-order valence-electron chi connectivity index (χ2n) is 3.35. The summed E-state index contributed by atoms with van der Waals surface area (Å²) in [5, 5.41) is 9.38. The summed E-state index contributed by atoms with van der Waals surface area (Å²) >= 11 is 11.6. The van der Waals surface area contributed by atoms with Crippen LogP contribution in [-0.4, -0.2) is 23.1 Å². The van der Waals surface area contributed by atoms with Gasteiger partial charge in [-0.15, -0.1) is 0 Å². The number of halogens is 2. The first-order valence-electron chi connectivity index (χ1n) is 4.40. The van der Waals surface area contributed by atoms with Crippen LogP contribution in [-0.2, 0) is 16.0 Å². The molecule has 1 aromatic rings. The Morgan fingerprint density at radius 3 is 2.75 bits per heavy atom. The molecular formula is C10H6Cl2O4. The van der Waals surface area contributed by atoms with Crippen molar-refractivity contribution in [2.45, 2.75) is 12.5 Å². The highest BCUT2D eigenvalue weighted by Gasteiger charge is 2.32. The highest BCUT2D eigenvalue weighted by molar-refractivity contribution is 6.35. The van der Waals surface area contributed by atoms with Gasteiger partial charge < -0.3 is 9.84 Å². The lowest BCUT2D eigenvalue weighted by Gasteiger charge is -2.22. The number of hydrogen-bond acceptors (Lipinski definition) is 3. The highest BCUT2D eigenvalue weighted by atomic mass is 35.5. The second kappa shape index (κ2) is 3.96. The van der Waals surface area contributed by atoms with Crippen LogP contribution in [0.1, 0.15) is 15.9 Å². The van der Waals surface area contributed by atoms with Crippen molar-refractivity contribution in [1.82, 2.24) is 0 Å². The van der Waals surface area contributed by atoms with E-state index in [1.807, 2.05) is 0 Å². The van der Waals surface area contributed by atoms with Crippen LogP contribution in [0.5, 0.6) is 0 Å². The summed E-state index contributed by atoms with van der Waals surface area (Å²) < 4.78 is 4.73. The number of rotatable bonds is 1. The van der Waals surface area contributed by atoms with Gasteiger partial charge in [0, 0.05) is 16.5 Å². The predicted octanol–water partition coefficient (Wildman–Crippen LogP) is 2.16. The lowest BCUT2D eigenvalue weighted by molar-refractivity contribution is -0.147. The summed E-state index contributed by atoms with van der Waals surface area (Å²) in [5.74, 6) is -1.90. The molecule has 0 aliphatic carbocycles. The zero-order valence-electron chi connectivity index (χ0n) is 7.87. The van der Waals surface area contributed by atoms with E-state index in [4.69, 9.17) is 33.0 Å². The molecule has 1 aromatic carbocycles. The smallest absolute Gasteiger partial charge is 0.345 e. The second-order valence-corrected chi connectivity index (χ2v) is 4.19. The Kier molecular flexibility index (Phi) is 2.78. The number of carbonyl (C=O) groups excluding carboxylic acids is 1. The zero-order chi connectivity index (χ0) is 11.9. The normalized spacial score (nSPS) is 18.9. The fraction of sp³-hybridized carbons (Fsp3) is 0.200. The van der Waals surface area contributed by atoms with Gasteiger partial charge in [0.05, 0.1) is 5.56 Å². The van der Waals surface area contributed by atoms with Crippen molar-refractivity contribution >= 4 is 35.1 Å². The largest absolute Gasteiger partial charge is 0.478 e. The van der Waals surface area contributed by atoms with Crippen molar-refractivity contribution in [3.8, 4) is 0 Å². The molecule has 0 unspecified atom stereocenters. The Labute approximate surface area is 101 Å². The molecule has 1 heterocycles. The SMILES string of the molecule is O=C1O[C@H](C(=O)O)Cc2c(Cl)cc(Cl)cc21. The summed E-state index contributed by atoms with van der Waals surface area (Å²) in [4.78, 5) is 22.2. The molecule has 0 saturated heterocycles. The molecule has 1 aliphatic rings. The van der Waals surface area contributed by atoms with E-state index in [9.17, 15) is 9.59 Å². The molecule has 16 heavy (non-hydrogen) atoms. The summed E-state index contributed by atoms with van der Waals surface area (Å²) in [7, 11) is 0. The molecule has 0 spiro atoms. The Balaban J connectivity index is 2.50. The summed E-state index contributed by atoms with van der Waals surface area (Å²) in [6.45, 7) is 0. The van der Waals surface area contributed by atoms with Crippen LogP contribution in [0.15, 0.2) is 12.1 Å². The van der Waals surface area contributed by atoms with E-state index in [0.717, 1.165) is 0 Å². The lowest BCUT2D eigenvalue weighted by atomic mass is 9.98. The molecule has 1 aliphatic heterocycles. The predicted molar refractivity (Wildman–Crippen MR) is 57.0 cm³/mol. The third kappa shape index (κ3) is 1.86. The summed E-state index contributed by atoms with van der Waals surface area (Å²) in [6, 6.07) is 2.89. The minimum atomic E-state index is -1.19. The van der Waals surface area contributed by atoms with Crippen molar-refractivity contribution in [2.24, 2.45) is 0 Å². The van der Waals surface area contributed by atoms with Crippen molar-refractivity contribution < 1.29 is 19.4 Å². The van der Waals surface area contributed by atoms with Crippen LogP contribution in [0, 0.1) is 0 Å². The molecular weight excluding hydrogens is 255 g/mol. The molecule has 4 nitrogen and oxygen atoms in total. The molecule has 2 rings (SSSR count). The molecule has 1 atom stereocenters. The van der Waals surface area contributed by atoms with Crippen LogP contribution >= 0.6 is 23.2 Å². The number of fused-ring (bicyclic) bond motifs is 1. The molecule has 0 bridgehead atoms. The van der Waals surface area contributed by atoms with Gasteiger partial charge in [0.25, 0.3) is 0 Å². The van der Waals surface area contributed by atoms with Gasteiger partial charge >= 0.3 is 11.9 Å². The monoisotopic (exact) mass is 260 g/mol. The Hall–Kier alpha value is -1.26. The molecule has 0 saturated carbocycles. The molecule has 84 valence electrons. The number of carboxylic acid groups (broad SMARTS) is 1. The summed E-state index contributed by atoms with van der Waals surface area (Å²) in [5.41, 5.74) is 0.699. The number of ether oxygens (including phenoxy) is 1. The van der Waals surface area contributed by atoms with Gasteiger partial charge in [0.15, 0.2) is 0 Å². The maximum absolute atomic E-state index is 11.5. The fourth-order valence-corrected chi connectivity index (χ4v) is 2.12. The maximum Gasteiger partial charge on any atom is 0.345 e. The zero-order valence-corrected chi connectivity index (χ0v) is 9.38. The third-order valence-electron chi connectivity index (χ3n) is 2.29. The molecule has 6 heteroatoms. The van der Waals surface area contributed by atoms with Gasteiger partial charge in [-0.2, -0.15) is 0 Å². The molecule has 1 N–H and O–H groups in total. The number of carboxylic acids is 1. The van der Waals surface area contributed by atoms with Crippen LogP contribution in [0.4, 0.5) is 0 Å². The fourth-order valence-electron chi connectivity index (χ4n) is 1.55. The first kappa shape index (κ1) is 11.2. The quantitative estimate of drug-likeness (QED) is 0.787. The van der Waals surface area contributed by atoms with Gasteiger partial charge in [0.1, 0.15) is 0 Å². The van der Waals surface area contributed by atoms with E-state index >= 15 is 0 Å². The first-order valence-corrected chi connectivity index (χ1v) is 5.16. The van der Waals surface area contributed by atoms with E-state index in [1.54, 1.807) is 0 Å². The van der Waals surface area contributed by atoms with Gasteiger partial charge in [-0.05, 0) is 17.7 Å². The number of cyclic esters (lactones) is 1. The van der Waals surface area contributed by atoms with Crippen molar-refractivity contribution in [1.29, 1.82) is 0 Å². The molecule has 0 fully saturated rings. The Bertz CT molecular complexity index is 484. The van der Waals surface area contributed by atoms with E-state index in [1.165, 1.54) is 12.1 Å². The van der Waals surface area contributed by atoms with Gasteiger partial charge in [-0.3, -0.25) is 0 Å². The maximum atomic E-state index is 11.5. The molecule has 0 radical (unpaired) electrons. The van der Waals surface area contributed by atoms with E-state index in [0.29, 0.717) is 10.6 Å². The minimum absolute atomic E-state index is 0.0619. The minimum Gasteiger partial charge on any atom is -0.478 e. The van der Waals surface area contributed by atoms with Crippen molar-refractivity contribution in [2.75, 3.05) is 0 Å². The highest BCUT2D eigenvalue weighted by Crippen LogP contribution is 2.30. The van der Waals surface area contributed by atoms with Gasteiger partial charge in [0.2, 0.25) is 6.10 Å². The number of hydrogen-bond donors (Lipinski definition) is 1. The first-order chi connectivity index (χ1) is 7.49. The number of esters is 1. The number of aliphatic carboxylic acids is 1. The Morgan fingerprint density at radius 2 is 2.12 bits per heavy atom. The van der Waals surface area contributed by atoms with Gasteiger partial charge in [-0.1, -0.05) is 23.2 Å². The number of carbonyl (C=O) groups is 2. The van der Waals surface area contributed by atoms with Crippen LogP contribution in [0.3, 0.4) is 0 Å². The molecule has 0 aromatic heterocycles. The Morgan fingerprint density at radius 1 is 1.44 bits per heavy atom. The lowest BCUT2D eigenvalue weighted by Crippen LogP contribution is -2.34. The topological polar surface area (TPSA) is 63.6 Å². The van der Waals surface area contributed by atoms with Crippen LogP contribution < -0.4 is 0 Å².